The monoisotopic (exact) mass is 590 g/mol. The van der Waals surface area contributed by atoms with E-state index in [2.05, 4.69) is 47.7 Å². The van der Waals surface area contributed by atoms with Crippen LogP contribution in [0, 0.1) is 0 Å². The summed E-state index contributed by atoms with van der Waals surface area (Å²) in [6, 6.07) is 16.0. The lowest BCUT2D eigenvalue weighted by Gasteiger charge is -2.15. The maximum absolute atomic E-state index is 5.67. The Hall–Kier alpha value is -3.62. The molecule has 0 amide bonds. The number of hydrogen-bond acceptors (Lipinski definition) is 8. The number of hydrogen-bond donors (Lipinski definition) is 0. The van der Waals surface area contributed by atoms with Crippen LogP contribution in [0.15, 0.2) is 70.2 Å². The smallest absolute Gasteiger partial charge is 0.181 e. The van der Waals surface area contributed by atoms with Crippen molar-refractivity contribution in [1.29, 1.82) is 0 Å². The maximum atomic E-state index is 5.67. The molecule has 0 bridgehead atoms. The van der Waals surface area contributed by atoms with E-state index in [9.17, 15) is 0 Å². The first-order valence-corrected chi connectivity index (χ1v) is 15.5. The number of oxazole rings is 2. The number of benzene rings is 2. The zero-order valence-corrected chi connectivity index (χ0v) is 27.3. The van der Waals surface area contributed by atoms with E-state index in [1.54, 1.807) is 0 Å². The van der Waals surface area contributed by atoms with Crippen molar-refractivity contribution >= 4 is 0 Å². The summed E-state index contributed by atoms with van der Waals surface area (Å²) in [5, 5.41) is 0. The molecule has 0 aliphatic rings. The minimum Gasteiger partial charge on any atom is -0.491 e. The molecule has 2 heterocycles. The summed E-state index contributed by atoms with van der Waals surface area (Å²) in [5.41, 5.74) is 3.94. The lowest BCUT2D eigenvalue weighted by atomic mass is 10.1. The van der Waals surface area contributed by atoms with Gasteiger partial charge in [-0.2, -0.15) is 0 Å². The van der Waals surface area contributed by atoms with Gasteiger partial charge in [0.25, 0.3) is 0 Å². The Morgan fingerprint density at radius 3 is 1.42 bits per heavy atom. The largest absolute Gasteiger partial charge is 0.491 e. The van der Waals surface area contributed by atoms with Crippen LogP contribution >= 0.6 is 0 Å². The van der Waals surface area contributed by atoms with Gasteiger partial charge in [0.1, 0.15) is 34.4 Å². The summed E-state index contributed by atoms with van der Waals surface area (Å²) in [5.74, 6) is 3.57. The first-order chi connectivity index (χ1) is 20.7. The van der Waals surface area contributed by atoms with E-state index in [0.29, 0.717) is 0 Å². The molecule has 8 nitrogen and oxygen atoms in total. The first-order valence-electron chi connectivity index (χ1n) is 15.5. The molecule has 0 atom stereocenters. The van der Waals surface area contributed by atoms with Crippen molar-refractivity contribution in [2.24, 2.45) is 0 Å². The van der Waals surface area contributed by atoms with Crippen molar-refractivity contribution in [2.75, 3.05) is 27.2 Å². The molecule has 0 spiro atoms. The van der Waals surface area contributed by atoms with Crippen LogP contribution in [-0.4, -0.2) is 59.2 Å². The summed E-state index contributed by atoms with van der Waals surface area (Å²) in [6.07, 6.45) is 6.93. The van der Waals surface area contributed by atoms with E-state index in [-0.39, 0.29) is 12.2 Å². The van der Waals surface area contributed by atoms with Gasteiger partial charge in [-0.1, -0.05) is 20.3 Å². The molecular weight excluding hydrogens is 540 g/mol. The lowest BCUT2D eigenvalue weighted by molar-refractivity contribution is 0.242. The quantitative estimate of drug-likeness (QED) is 0.137. The highest BCUT2D eigenvalue weighted by molar-refractivity contribution is 5.62. The lowest BCUT2D eigenvalue weighted by Crippen LogP contribution is -2.19. The average Bonchev–Trinajstić information content (AvgIpc) is 3.62. The third-order valence-corrected chi connectivity index (χ3v) is 6.61. The van der Waals surface area contributed by atoms with Crippen molar-refractivity contribution < 1.29 is 18.3 Å². The van der Waals surface area contributed by atoms with Gasteiger partial charge in [-0.25, -0.2) is 9.97 Å². The van der Waals surface area contributed by atoms with Crippen LogP contribution in [-0.2, 0) is 13.1 Å². The fourth-order valence-electron chi connectivity index (χ4n) is 4.62. The van der Waals surface area contributed by atoms with E-state index in [4.69, 9.17) is 18.3 Å². The molecule has 2 aromatic carbocycles. The molecule has 0 unspecified atom stereocenters. The number of ether oxygens (including phenoxy) is 2. The predicted molar refractivity (Wildman–Crippen MR) is 173 cm³/mol. The van der Waals surface area contributed by atoms with Crippen LogP contribution in [0.1, 0.15) is 72.3 Å². The van der Waals surface area contributed by atoms with E-state index in [1.165, 1.54) is 25.6 Å². The molecule has 0 aliphatic carbocycles. The highest BCUT2D eigenvalue weighted by Crippen LogP contribution is 2.27. The fraction of sp³-hybridized carbons (Fsp3) is 0.486. The van der Waals surface area contributed by atoms with E-state index < -0.39 is 0 Å². The van der Waals surface area contributed by atoms with Crippen LogP contribution in [0.2, 0.25) is 0 Å². The topological polar surface area (TPSA) is 77.0 Å². The second-order valence-corrected chi connectivity index (χ2v) is 11.5. The molecule has 2 aromatic heterocycles. The summed E-state index contributed by atoms with van der Waals surface area (Å²) in [6.45, 7) is 16.1. The van der Waals surface area contributed by atoms with Crippen LogP contribution in [0.5, 0.6) is 11.5 Å². The second kappa shape index (κ2) is 17.5. The Morgan fingerprint density at radius 1 is 0.628 bits per heavy atom. The van der Waals surface area contributed by atoms with E-state index >= 15 is 0 Å². The number of unbranched alkanes of at least 4 members (excludes halogenated alkanes) is 1. The fourth-order valence-corrected chi connectivity index (χ4v) is 4.62. The van der Waals surface area contributed by atoms with Gasteiger partial charge in [0.2, 0.25) is 0 Å². The zero-order chi connectivity index (χ0) is 31.2. The Bertz CT molecular complexity index is 1310. The Morgan fingerprint density at radius 2 is 1.05 bits per heavy atom. The van der Waals surface area contributed by atoms with Gasteiger partial charge in [0, 0.05) is 11.1 Å². The van der Waals surface area contributed by atoms with Crippen LogP contribution in [0.4, 0.5) is 0 Å². The maximum Gasteiger partial charge on any atom is 0.181 e. The summed E-state index contributed by atoms with van der Waals surface area (Å²) in [4.78, 5) is 13.2. The minimum atomic E-state index is 0.181. The standard InChI is InChI=1S/C18H26N2O2.C17H24N2O2/c1-5-6-11-20(4)12-17-18(19-13-21-17)15-7-9-16(10-8-15)22-14(2)3;1-5-10-19(4)11-16-17(18-12-20-16)14-6-8-15(9-7-14)21-13(2)3/h7-10,13-14H,5-6,11-12H2,1-4H3;6-9,12-13H,5,10-11H2,1-4H3. The molecule has 0 saturated carbocycles. The predicted octanol–water partition coefficient (Wildman–Crippen LogP) is 8.33. The molecule has 0 fully saturated rings. The minimum absolute atomic E-state index is 0.181. The summed E-state index contributed by atoms with van der Waals surface area (Å²) in [7, 11) is 4.21. The third kappa shape index (κ3) is 11.2. The molecule has 0 aliphatic heterocycles. The molecule has 234 valence electrons. The van der Waals surface area contributed by atoms with Gasteiger partial charge in [-0.3, -0.25) is 9.80 Å². The van der Waals surface area contributed by atoms with Crippen molar-refractivity contribution in [3.63, 3.8) is 0 Å². The van der Waals surface area contributed by atoms with Crippen LogP contribution < -0.4 is 9.47 Å². The van der Waals surface area contributed by atoms with E-state index in [1.807, 2.05) is 76.2 Å². The van der Waals surface area contributed by atoms with Crippen molar-refractivity contribution in [1.82, 2.24) is 19.8 Å². The summed E-state index contributed by atoms with van der Waals surface area (Å²) < 4.78 is 22.5. The van der Waals surface area contributed by atoms with Gasteiger partial charge in [0.05, 0.1) is 25.3 Å². The highest BCUT2D eigenvalue weighted by atomic mass is 16.5. The molecule has 0 N–H and O–H groups in total. The van der Waals surface area contributed by atoms with E-state index in [0.717, 1.165) is 78.1 Å². The third-order valence-electron chi connectivity index (χ3n) is 6.61. The Balaban J connectivity index is 0.000000236. The number of nitrogens with zero attached hydrogens (tertiary/aromatic N) is 4. The van der Waals surface area contributed by atoms with Gasteiger partial charge in [-0.15, -0.1) is 0 Å². The summed E-state index contributed by atoms with van der Waals surface area (Å²) >= 11 is 0. The number of rotatable bonds is 15. The molecule has 8 heteroatoms. The highest BCUT2D eigenvalue weighted by Gasteiger charge is 2.14. The van der Waals surface area contributed by atoms with Crippen LogP contribution in [0.3, 0.4) is 0 Å². The molecular formula is C35H50N4O4. The van der Waals surface area contributed by atoms with Gasteiger partial charge in [-0.05, 0) is 116 Å². The molecule has 4 rings (SSSR count). The normalized spacial score (nSPS) is 11.3. The number of aromatic nitrogens is 2. The van der Waals surface area contributed by atoms with Crippen LogP contribution in [0.25, 0.3) is 22.5 Å². The zero-order valence-electron chi connectivity index (χ0n) is 27.3. The Kier molecular flexibility index (Phi) is 13.8. The Labute approximate surface area is 258 Å². The molecule has 0 saturated heterocycles. The molecule has 43 heavy (non-hydrogen) atoms. The average molecular weight is 591 g/mol. The van der Waals surface area contributed by atoms with Gasteiger partial charge < -0.3 is 18.3 Å². The van der Waals surface area contributed by atoms with Crippen molar-refractivity contribution in [3.8, 4) is 34.0 Å². The second-order valence-electron chi connectivity index (χ2n) is 11.5. The first kappa shape index (κ1) is 33.9. The van der Waals surface area contributed by atoms with Gasteiger partial charge in [0.15, 0.2) is 12.8 Å². The SMILES string of the molecule is CCCCN(C)Cc1ocnc1-c1ccc(OC(C)C)cc1.CCCN(C)Cc1ocnc1-c1ccc(OC(C)C)cc1. The van der Waals surface area contributed by atoms with Gasteiger partial charge >= 0.3 is 0 Å². The molecule has 4 aromatic rings. The van der Waals surface area contributed by atoms with Crippen molar-refractivity contribution in [2.45, 2.75) is 86.1 Å². The molecule has 0 radical (unpaired) electrons. The van der Waals surface area contributed by atoms with Crippen molar-refractivity contribution in [3.05, 3.63) is 72.8 Å².